The number of anilines is 1. The Bertz CT molecular complexity index is 1400. The number of nitrogens with zero attached hydrogens (tertiary/aromatic N) is 1. The average Bonchev–Trinajstić information content (AvgIpc) is 3.44. The SMILES string of the molecule is COc1ccc(Cl)cc1-c1ccc(/C=C2/SC(=O)N(CC(=O)Nc3ccc4c(c3)OCCO4)C2=O)o1. The molecule has 9 nitrogen and oxygen atoms in total. The average molecular weight is 527 g/mol. The van der Waals surface area contributed by atoms with Crippen LogP contribution in [-0.2, 0) is 9.59 Å². The second-order valence-electron chi connectivity index (χ2n) is 7.72. The van der Waals surface area contributed by atoms with Crippen molar-refractivity contribution in [3.63, 3.8) is 0 Å². The van der Waals surface area contributed by atoms with Gasteiger partial charge in [0.05, 0.1) is 17.6 Å². The van der Waals surface area contributed by atoms with Gasteiger partial charge in [0.1, 0.15) is 37.0 Å². The molecule has 1 N–H and O–H groups in total. The van der Waals surface area contributed by atoms with Crippen molar-refractivity contribution in [2.24, 2.45) is 0 Å². The van der Waals surface area contributed by atoms with E-state index in [0.29, 0.717) is 58.3 Å². The van der Waals surface area contributed by atoms with Crippen LogP contribution in [0.25, 0.3) is 17.4 Å². The number of nitrogens with one attached hydrogen (secondary N) is 1. The third-order valence-corrected chi connectivity index (χ3v) is 6.47. The first kappa shape index (κ1) is 23.8. The minimum absolute atomic E-state index is 0.145. The molecule has 0 spiro atoms. The molecular weight excluding hydrogens is 508 g/mol. The lowest BCUT2D eigenvalue weighted by molar-refractivity contribution is -0.127. The van der Waals surface area contributed by atoms with Crippen molar-refractivity contribution in [1.82, 2.24) is 4.90 Å². The fraction of sp³-hybridized carbons (Fsp3) is 0.160. The number of hydrogen-bond donors (Lipinski definition) is 1. The number of hydrogen-bond acceptors (Lipinski definition) is 8. The van der Waals surface area contributed by atoms with Gasteiger partial charge in [0, 0.05) is 22.9 Å². The van der Waals surface area contributed by atoms with Crippen LogP contribution in [0.5, 0.6) is 17.2 Å². The Kier molecular flexibility index (Phi) is 6.62. The van der Waals surface area contributed by atoms with Crippen LogP contribution in [0.2, 0.25) is 5.02 Å². The number of amides is 3. The van der Waals surface area contributed by atoms with Crippen molar-refractivity contribution in [2.75, 3.05) is 32.2 Å². The normalized spacial score (nSPS) is 15.9. The van der Waals surface area contributed by atoms with E-state index in [2.05, 4.69) is 5.32 Å². The molecule has 2 aliphatic heterocycles. The number of ether oxygens (including phenoxy) is 3. The number of methoxy groups -OCH3 is 1. The van der Waals surface area contributed by atoms with Crippen molar-refractivity contribution in [3.05, 3.63) is 64.2 Å². The highest BCUT2D eigenvalue weighted by molar-refractivity contribution is 8.18. The molecule has 3 aromatic rings. The molecule has 0 unspecified atom stereocenters. The van der Waals surface area contributed by atoms with Gasteiger partial charge in [0.25, 0.3) is 11.1 Å². The maximum absolute atomic E-state index is 12.8. The molecule has 184 valence electrons. The lowest BCUT2D eigenvalue weighted by atomic mass is 10.1. The van der Waals surface area contributed by atoms with Crippen LogP contribution >= 0.6 is 23.4 Å². The number of thioether (sulfide) groups is 1. The highest BCUT2D eigenvalue weighted by Crippen LogP contribution is 2.37. The zero-order valence-corrected chi connectivity index (χ0v) is 20.5. The molecule has 0 bridgehead atoms. The Balaban J connectivity index is 1.27. The lowest BCUT2D eigenvalue weighted by Gasteiger charge is -2.19. The second-order valence-corrected chi connectivity index (χ2v) is 9.15. The molecule has 2 aliphatic rings. The zero-order valence-electron chi connectivity index (χ0n) is 18.9. The summed E-state index contributed by atoms with van der Waals surface area (Å²) >= 11 is 6.83. The summed E-state index contributed by atoms with van der Waals surface area (Å²) < 4.78 is 22.2. The van der Waals surface area contributed by atoms with Gasteiger partial charge in [0.15, 0.2) is 11.5 Å². The summed E-state index contributed by atoms with van der Waals surface area (Å²) in [5.41, 5.74) is 1.11. The summed E-state index contributed by atoms with van der Waals surface area (Å²) in [6.07, 6.45) is 1.46. The minimum atomic E-state index is -0.583. The summed E-state index contributed by atoms with van der Waals surface area (Å²) in [5.74, 6) is 1.41. The third kappa shape index (κ3) is 4.91. The van der Waals surface area contributed by atoms with Crippen molar-refractivity contribution in [3.8, 4) is 28.6 Å². The van der Waals surface area contributed by atoms with E-state index in [9.17, 15) is 14.4 Å². The fourth-order valence-corrected chi connectivity index (χ4v) is 4.67. The molecule has 1 fully saturated rings. The topological polar surface area (TPSA) is 107 Å². The molecular formula is C25H19ClN2O7S. The molecule has 0 saturated carbocycles. The van der Waals surface area contributed by atoms with E-state index < -0.39 is 23.6 Å². The van der Waals surface area contributed by atoms with E-state index >= 15 is 0 Å². The van der Waals surface area contributed by atoms with Gasteiger partial charge in [-0.05, 0) is 54.2 Å². The molecule has 1 saturated heterocycles. The predicted molar refractivity (Wildman–Crippen MR) is 134 cm³/mol. The second kappa shape index (κ2) is 10.00. The summed E-state index contributed by atoms with van der Waals surface area (Å²) in [7, 11) is 1.54. The maximum atomic E-state index is 12.8. The van der Waals surface area contributed by atoms with Crippen LogP contribution in [0.15, 0.2) is 57.9 Å². The number of furan rings is 1. The molecule has 3 heterocycles. The first-order valence-electron chi connectivity index (χ1n) is 10.8. The molecule has 0 atom stereocenters. The van der Waals surface area contributed by atoms with Crippen molar-refractivity contribution >= 4 is 52.2 Å². The molecule has 0 radical (unpaired) electrons. The molecule has 2 aromatic carbocycles. The molecule has 11 heteroatoms. The van der Waals surface area contributed by atoms with E-state index in [4.69, 9.17) is 30.2 Å². The highest BCUT2D eigenvalue weighted by atomic mass is 35.5. The first-order valence-corrected chi connectivity index (χ1v) is 12.0. The van der Waals surface area contributed by atoms with Crippen LogP contribution < -0.4 is 19.5 Å². The summed E-state index contributed by atoms with van der Waals surface area (Å²) in [4.78, 5) is 38.9. The Hall–Kier alpha value is -3.89. The molecule has 3 amide bonds. The number of rotatable bonds is 6. The van der Waals surface area contributed by atoms with Crippen molar-refractivity contribution in [2.45, 2.75) is 0 Å². The van der Waals surface area contributed by atoms with E-state index in [1.807, 2.05) is 0 Å². The van der Waals surface area contributed by atoms with Crippen LogP contribution in [-0.4, -0.2) is 48.8 Å². The molecule has 5 rings (SSSR count). The van der Waals surface area contributed by atoms with Crippen LogP contribution in [0.1, 0.15) is 5.76 Å². The monoisotopic (exact) mass is 526 g/mol. The summed E-state index contributed by atoms with van der Waals surface area (Å²) in [6, 6.07) is 13.5. The lowest BCUT2D eigenvalue weighted by Crippen LogP contribution is -2.36. The summed E-state index contributed by atoms with van der Waals surface area (Å²) in [6.45, 7) is 0.441. The third-order valence-electron chi connectivity index (χ3n) is 5.33. The van der Waals surface area contributed by atoms with E-state index in [-0.39, 0.29) is 4.91 Å². The Morgan fingerprint density at radius 2 is 1.92 bits per heavy atom. The van der Waals surface area contributed by atoms with Gasteiger partial charge in [-0.1, -0.05) is 11.6 Å². The van der Waals surface area contributed by atoms with Gasteiger partial charge in [0.2, 0.25) is 5.91 Å². The van der Waals surface area contributed by atoms with Crippen LogP contribution in [0, 0.1) is 0 Å². The van der Waals surface area contributed by atoms with Gasteiger partial charge in [-0.25, -0.2) is 0 Å². The van der Waals surface area contributed by atoms with Gasteiger partial charge >= 0.3 is 0 Å². The Morgan fingerprint density at radius 1 is 1.11 bits per heavy atom. The number of carbonyl (C=O) groups is 3. The van der Waals surface area contributed by atoms with E-state index in [1.54, 1.807) is 48.5 Å². The Labute approximate surface area is 214 Å². The zero-order chi connectivity index (χ0) is 25.2. The van der Waals surface area contributed by atoms with Crippen molar-refractivity contribution < 1.29 is 33.0 Å². The standard InChI is InChI=1S/C25H19ClN2O7S/c1-32-18-5-2-14(26)10-17(18)19-7-4-16(35-19)12-22-24(30)28(25(31)36-22)13-23(29)27-15-3-6-20-21(11-15)34-9-8-33-20/h2-7,10-12H,8-9,13H2,1H3,(H,27,29)/b22-12+. The van der Waals surface area contributed by atoms with Gasteiger partial charge in [-0.2, -0.15) is 0 Å². The highest BCUT2D eigenvalue weighted by Gasteiger charge is 2.36. The van der Waals surface area contributed by atoms with E-state index in [1.165, 1.54) is 13.2 Å². The summed E-state index contributed by atoms with van der Waals surface area (Å²) in [5, 5.41) is 2.64. The van der Waals surface area contributed by atoms with Gasteiger partial charge < -0.3 is 23.9 Å². The van der Waals surface area contributed by atoms with Crippen molar-refractivity contribution in [1.29, 1.82) is 0 Å². The number of halogens is 1. The number of fused-ring (bicyclic) bond motifs is 1. The Morgan fingerprint density at radius 3 is 2.72 bits per heavy atom. The fourth-order valence-electron chi connectivity index (χ4n) is 3.68. The molecule has 0 aliphatic carbocycles. The predicted octanol–water partition coefficient (Wildman–Crippen LogP) is 5.05. The van der Waals surface area contributed by atoms with Crippen LogP contribution in [0.4, 0.5) is 10.5 Å². The smallest absolute Gasteiger partial charge is 0.294 e. The van der Waals surface area contributed by atoms with Crippen LogP contribution in [0.3, 0.4) is 0 Å². The maximum Gasteiger partial charge on any atom is 0.294 e. The number of imide groups is 1. The molecule has 36 heavy (non-hydrogen) atoms. The number of carbonyl (C=O) groups excluding carboxylic acids is 3. The minimum Gasteiger partial charge on any atom is -0.496 e. The van der Waals surface area contributed by atoms with Gasteiger partial charge in [-0.3, -0.25) is 19.3 Å². The number of benzene rings is 2. The quantitative estimate of drug-likeness (QED) is 0.444. The van der Waals surface area contributed by atoms with Gasteiger partial charge in [-0.15, -0.1) is 0 Å². The van der Waals surface area contributed by atoms with E-state index in [0.717, 1.165) is 16.7 Å². The largest absolute Gasteiger partial charge is 0.496 e. The first-order chi connectivity index (χ1) is 17.4. The molecule has 1 aromatic heterocycles.